The van der Waals surface area contributed by atoms with Crippen molar-refractivity contribution >= 4 is 12.2 Å². The zero-order valence-electron chi connectivity index (χ0n) is 21.7. The van der Waals surface area contributed by atoms with Crippen LogP contribution < -0.4 is 44.5 Å². The number of rotatable bonds is 21. The second-order valence-corrected chi connectivity index (χ2v) is 9.08. The predicted molar refractivity (Wildman–Crippen MR) is 135 cm³/mol. The smallest absolute Gasteiger partial charge is 0.556 e. The predicted octanol–water partition coefficient (Wildman–Crippen LogP) is 2.85. The summed E-state index contributed by atoms with van der Waals surface area (Å²) in [5.41, 5.74) is -0.0158. The quantitative estimate of drug-likeness (QED) is 0.189. The van der Waals surface area contributed by atoms with E-state index in [9.17, 15) is 15.1 Å². The van der Waals surface area contributed by atoms with E-state index >= 15 is 0 Å². The second-order valence-electron chi connectivity index (χ2n) is 9.08. The fourth-order valence-electron chi connectivity index (χ4n) is 3.89. The van der Waals surface area contributed by atoms with Gasteiger partial charge in [0, 0.05) is 0 Å². The van der Waals surface area contributed by atoms with Crippen molar-refractivity contribution in [3.8, 4) is 11.5 Å². The summed E-state index contributed by atoms with van der Waals surface area (Å²) >= 11 is 0. The van der Waals surface area contributed by atoms with Crippen LogP contribution in [0.1, 0.15) is 117 Å². The molecule has 1 rings (SSSR count). The maximum Gasteiger partial charge on any atom is 1.00 e. The van der Waals surface area contributed by atoms with Crippen molar-refractivity contribution in [3.63, 3.8) is 0 Å². The van der Waals surface area contributed by atoms with Crippen molar-refractivity contribution in [2.75, 3.05) is 13.2 Å². The average Bonchev–Trinajstić information content (AvgIpc) is 2.76. The molecule has 186 valence electrons. The Morgan fingerprint density at radius 1 is 0.606 bits per heavy atom. The van der Waals surface area contributed by atoms with Gasteiger partial charge in [-0.3, -0.25) is 0 Å². The van der Waals surface area contributed by atoms with Crippen molar-refractivity contribution in [1.29, 1.82) is 0 Å². The number of benzene rings is 1. The average molecular weight is 474 g/mol. The topological polar surface area (TPSA) is 79.2 Å². The summed E-state index contributed by atoms with van der Waals surface area (Å²) < 4.78 is 11.5. The number of unbranched alkanes of at least 4 members (excludes halogenated alkanes) is 14. The molecule has 3 N–H and O–H groups in total. The van der Waals surface area contributed by atoms with E-state index in [1.807, 2.05) is 0 Å². The molecule has 5 nitrogen and oxygen atoms in total. The molecule has 1 aromatic carbocycles. The minimum Gasteiger partial charge on any atom is -0.556 e. The maximum absolute atomic E-state index is 9.81. The minimum absolute atomic E-state index is 0. The van der Waals surface area contributed by atoms with E-state index in [2.05, 4.69) is 13.8 Å². The van der Waals surface area contributed by atoms with Gasteiger partial charge in [-0.1, -0.05) is 109 Å². The van der Waals surface area contributed by atoms with Crippen LogP contribution in [-0.4, -0.2) is 35.0 Å². The Kier molecular flexibility index (Phi) is 20.9. The van der Waals surface area contributed by atoms with E-state index in [0.717, 1.165) is 25.7 Å². The first-order chi connectivity index (χ1) is 15.5. The van der Waals surface area contributed by atoms with Crippen molar-refractivity contribution < 1.29 is 54.1 Å². The van der Waals surface area contributed by atoms with Crippen LogP contribution in [0.2, 0.25) is 0 Å². The van der Waals surface area contributed by atoms with Crippen molar-refractivity contribution in [2.45, 2.75) is 117 Å². The Morgan fingerprint density at radius 3 is 1.48 bits per heavy atom. The Balaban J connectivity index is 0.0000102. The molecule has 0 saturated carbocycles. The third-order valence-corrected chi connectivity index (χ3v) is 5.92. The van der Waals surface area contributed by atoms with Gasteiger partial charge in [-0.15, -0.1) is 0 Å². The SMILES string of the molecule is CCCCCCCCCCOc1ccc(OCCCCCCCCCC)c([B-](O)(O)O)c1.[Na+]. The van der Waals surface area contributed by atoms with E-state index in [-0.39, 0.29) is 35.0 Å². The fraction of sp³-hybridized carbons (Fsp3) is 0.769. The molecular weight excluding hydrogens is 426 g/mol. The van der Waals surface area contributed by atoms with Gasteiger partial charge in [0.25, 0.3) is 0 Å². The molecule has 0 atom stereocenters. The molecule has 0 aromatic heterocycles. The molecule has 0 aliphatic heterocycles. The molecule has 0 radical (unpaired) electrons. The van der Waals surface area contributed by atoms with Crippen molar-refractivity contribution in [1.82, 2.24) is 0 Å². The third kappa shape index (κ3) is 16.9. The van der Waals surface area contributed by atoms with Crippen LogP contribution >= 0.6 is 0 Å². The zero-order chi connectivity index (χ0) is 23.5. The third-order valence-electron chi connectivity index (χ3n) is 5.92. The maximum atomic E-state index is 9.81. The summed E-state index contributed by atoms with van der Waals surface area (Å²) in [6.45, 7) is 1.88. The van der Waals surface area contributed by atoms with Crippen LogP contribution in [0, 0.1) is 0 Å². The van der Waals surface area contributed by atoms with E-state index in [1.54, 1.807) is 12.1 Å². The van der Waals surface area contributed by atoms with Crippen LogP contribution in [0.4, 0.5) is 0 Å². The molecule has 0 saturated heterocycles. The summed E-state index contributed by atoms with van der Waals surface area (Å²) in [5, 5.41) is 29.4. The number of hydrogen-bond acceptors (Lipinski definition) is 5. The van der Waals surface area contributed by atoms with Crippen LogP contribution in [-0.2, 0) is 0 Å². The molecule has 0 spiro atoms. The van der Waals surface area contributed by atoms with Gasteiger partial charge >= 0.3 is 36.3 Å². The van der Waals surface area contributed by atoms with Gasteiger partial charge < -0.3 is 24.5 Å². The van der Waals surface area contributed by atoms with E-state index in [1.165, 1.54) is 83.1 Å². The van der Waals surface area contributed by atoms with Gasteiger partial charge in [-0.25, -0.2) is 0 Å². The normalized spacial score (nSPS) is 11.3. The Labute approximate surface area is 225 Å². The summed E-state index contributed by atoms with van der Waals surface area (Å²) in [4.78, 5) is 0. The molecule has 0 heterocycles. The molecule has 1 aromatic rings. The zero-order valence-corrected chi connectivity index (χ0v) is 23.7. The minimum atomic E-state index is -3.64. The van der Waals surface area contributed by atoms with Gasteiger partial charge in [0.1, 0.15) is 5.75 Å². The summed E-state index contributed by atoms with van der Waals surface area (Å²) in [6.07, 6.45) is 19.5. The second kappa shape index (κ2) is 21.1. The first-order valence-corrected chi connectivity index (χ1v) is 13.2. The van der Waals surface area contributed by atoms with Gasteiger partial charge in [0.05, 0.1) is 19.0 Å². The van der Waals surface area contributed by atoms with E-state index in [4.69, 9.17) is 9.47 Å². The summed E-state index contributed by atoms with van der Waals surface area (Å²) in [7, 11) is 0. The molecule has 7 heteroatoms. The summed E-state index contributed by atoms with van der Waals surface area (Å²) in [6, 6.07) is 4.90. The van der Waals surface area contributed by atoms with Crippen LogP contribution in [0.3, 0.4) is 0 Å². The fourth-order valence-corrected chi connectivity index (χ4v) is 3.89. The molecule has 0 bridgehead atoms. The van der Waals surface area contributed by atoms with Gasteiger partial charge in [-0.05, 0) is 31.0 Å². The standard InChI is InChI=1S/C26H48BO5.Na/c1-3-5-7-9-11-13-15-17-21-31-24-19-20-26(25(23-24)27(28,29)30)32-22-18-16-14-12-10-8-6-4-2;/h19-20,23,28-30H,3-18,21-22H2,1-2H3;/q-1;+1. The molecular formula is C26H48BNaO5. The largest absolute Gasteiger partial charge is 1.00 e. The first-order valence-electron chi connectivity index (χ1n) is 13.2. The first kappa shape index (κ1) is 32.8. The van der Waals surface area contributed by atoms with Gasteiger partial charge in [-0.2, -0.15) is 0 Å². The van der Waals surface area contributed by atoms with Crippen molar-refractivity contribution in [3.05, 3.63) is 18.2 Å². The Hall–Kier alpha value is -0.235. The Morgan fingerprint density at radius 2 is 1.03 bits per heavy atom. The molecule has 0 fully saturated rings. The van der Waals surface area contributed by atoms with E-state index < -0.39 is 6.75 Å². The Bertz CT molecular complexity index is 580. The van der Waals surface area contributed by atoms with Crippen LogP contribution in [0.15, 0.2) is 18.2 Å². The summed E-state index contributed by atoms with van der Waals surface area (Å²) in [5.74, 6) is 0.825. The molecule has 0 aliphatic rings. The van der Waals surface area contributed by atoms with Crippen LogP contribution in [0.5, 0.6) is 11.5 Å². The van der Waals surface area contributed by atoms with Crippen molar-refractivity contribution in [2.24, 2.45) is 0 Å². The molecule has 0 amide bonds. The van der Waals surface area contributed by atoms with Gasteiger partial charge in [0.2, 0.25) is 0 Å². The monoisotopic (exact) mass is 474 g/mol. The number of ether oxygens (including phenoxy) is 2. The number of hydrogen-bond donors (Lipinski definition) is 3. The van der Waals surface area contributed by atoms with E-state index in [0.29, 0.717) is 24.7 Å². The molecule has 0 unspecified atom stereocenters. The van der Waals surface area contributed by atoms with Crippen LogP contribution in [0.25, 0.3) is 0 Å². The molecule has 0 aliphatic carbocycles. The van der Waals surface area contributed by atoms with Gasteiger partial charge in [0.15, 0.2) is 0 Å². The molecule has 33 heavy (non-hydrogen) atoms.